The third kappa shape index (κ3) is 3.57. The second-order valence-electron chi connectivity index (χ2n) is 6.05. The fourth-order valence-electron chi connectivity index (χ4n) is 2.54. The van der Waals surface area contributed by atoms with Gasteiger partial charge in [0.15, 0.2) is 6.04 Å². The first kappa shape index (κ1) is 14.1. The first-order valence-electron chi connectivity index (χ1n) is 7.22. The van der Waals surface area contributed by atoms with Crippen LogP contribution < -0.4 is 10.6 Å². The van der Waals surface area contributed by atoms with E-state index >= 15 is 0 Å². The van der Waals surface area contributed by atoms with Crippen molar-refractivity contribution in [3.8, 4) is 0 Å². The van der Waals surface area contributed by atoms with Gasteiger partial charge in [-0.2, -0.15) is 0 Å². The molecule has 1 aromatic carbocycles. The lowest BCUT2D eigenvalue weighted by atomic mass is 10.0. The lowest BCUT2D eigenvalue weighted by molar-refractivity contribution is -0.938. The molecular weight excluding hydrogens is 236 g/mol. The number of rotatable bonds is 6. The van der Waals surface area contributed by atoms with Gasteiger partial charge in [-0.1, -0.05) is 38.1 Å². The summed E-state index contributed by atoms with van der Waals surface area (Å²) >= 11 is 0. The van der Waals surface area contributed by atoms with Crippen molar-refractivity contribution in [3.05, 3.63) is 35.4 Å². The topological polar surface area (TPSA) is 47.5 Å². The van der Waals surface area contributed by atoms with Crippen molar-refractivity contribution in [3.63, 3.8) is 0 Å². The van der Waals surface area contributed by atoms with Gasteiger partial charge in [-0.25, -0.2) is 0 Å². The van der Waals surface area contributed by atoms with E-state index in [0.29, 0.717) is 12.0 Å². The van der Waals surface area contributed by atoms with Gasteiger partial charge < -0.3 is 10.6 Å². The second kappa shape index (κ2) is 5.74. The Kier molecular flexibility index (Phi) is 4.25. The van der Waals surface area contributed by atoms with E-state index in [9.17, 15) is 4.79 Å². The van der Waals surface area contributed by atoms with E-state index in [-0.39, 0.29) is 11.9 Å². The fourth-order valence-corrected chi connectivity index (χ4v) is 2.54. The van der Waals surface area contributed by atoms with Crippen LogP contribution in [0.3, 0.4) is 0 Å². The summed E-state index contributed by atoms with van der Waals surface area (Å²) in [5.41, 5.74) is 8.11. The summed E-state index contributed by atoms with van der Waals surface area (Å²) in [4.78, 5) is 12.7. The van der Waals surface area contributed by atoms with Crippen molar-refractivity contribution in [1.29, 1.82) is 0 Å². The maximum atomic E-state index is 11.4. The van der Waals surface area contributed by atoms with E-state index in [2.05, 4.69) is 38.1 Å². The average molecular weight is 261 g/mol. The molecule has 3 N–H and O–H groups in total. The van der Waals surface area contributed by atoms with E-state index in [4.69, 9.17) is 5.73 Å². The maximum Gasteiger partial charge on any atom is 0.275 e. The lowest BCUT2D eigenvalue weighted by Crippen LogP contribution is -3.16. The van der Waals surface area contributed by atoms with Crippen LogP contribution in [-0.2, 0) is 11.3 Å². The number of carbonyl (C=O) groups is 1. The Morgan fingerprint density at radius 1 is 1.26 bits per heavy atom. The molecule has 2 atom stereocenters. The minimum atomic E-state index is -0.194. The van der Waals surface area contributed by atoms with Crippen LogP contribution in [0.5, 0.6) is 0 Å². The molecule has 3 nitrogen and oxygen atoms in total. The smallest absolute Gasteiger partial charge is 0.275 e. The highest BCUT2D eigenvalue weighted by Crippen LogP contribution is 2.17. The number of primary amides is 1. The molecule has 1 saturated carbocycles. The molecule has 0 radical (unpaired) electrons. The molecule has 1 aliphatic rings. The third-order valence-electron chi connectivity index (χ3n) is 4.14. The molecule has 19 heavy (non-hydrogen) atoms. The number of nitrogens with two attached hydrogens (primary N) is 1. The Morgan fingerprint density at radius 2 is 1.84 bits per heavy atom. The molecule has 0 bridgehead atoms. The largest absolute Gasteiger partial charge is 0.365 e. The summed E-state index contributed by atoms with van der Waals surface area (Å²) in [5, 5.41) is 0. The minimum absolute atomic E-state index is 0.0997. The van der Waals surface area contributed by atoms with E-state index in [1.807, 2.05) is 6.92 Å². The quantitative estimate of drug-likeness (QED) is 0.795. The van der Waals surface area contributed by atoms with E-state index in [0.717, 1.165) is 6.54 Å². The minimum Gasteiger partial charge on any atom is -0.365 e. The Labute approximate surface area is 115 Å². The summed E-state index contributed by atoms with van der Waals surface area (Å²) in [6, 6.07) is 9.28. The van der Waals surface area contributed by atoms with Gasteiger partial charge in [-0.15, -0.1) is 0 Å². The van der Waals surface area contributed by atoms with Crippen molar-refractivity contribution < 1.29 is 9.69 Å². The zero-order valence-corrected chi connectivity index (χ0v) is 12.1. The van der Waals surface area contributed by atoms with Crippen molar-refractivity contribution in [2.75, 3.05) is 0 Å². The van der Waals surface area contributed by atoms with E-state index in [1.54, 1.807) is 0 Å². The summed E-state index contributed by atoms with van der Waals surface area (Å²) in [6.45, 7) is 7.24. The highest BCUT2D eigenvalue weighted by atomic mass is 16.1. The molecule has 2 rings (SSSR count). The fraction of sp³-hybridized carbons (Fsp3) is 0.562. The SMILES string of the molecule is CC(C)c1ccc(C[NH+](C2CC2)[C@@H](C)C(N)=O)cc1. The van der Waals surface area contributed by atoms with Gasteiger partial charge in [0.05, 0.1) is 6.04 Å². The van der Waals surface area contributed by atoms with Crippen LogP contribution >= 0.6 is 0 Å². The second-order valence-corrected chi connectivity index (χ2v) is 6.05. The summed E-state index contributed by atoms with van der Waals surface area (Å²) in [5.74, 6) is 0.367. The van der Waals surface area contributed by atoms with Crippen LogP contribution in [0.2, 0.25) is 0 Å². The first-order valence-corrected chi connectivity index (χ1v) is 7.22. The normalized spacial score (nSPS) is 18.3. The number of carbonyl (C=O) groups excluding carboxylic acids is 1. The summed E-state index contributed by atoms with van der Waals surface area (Å²) < 4.78 is 0. The van der Waals surface area contributed by atoms with Crippen molar-refractivity contribution in [1.82, 2.24) is 0 Å². The molecule has 3 heteroatoms. The number of nitrogens with one attached hydrogen (secondary N) is 1. The molecule has 1 amide bonds. The molecule has 104 valence electrons. The highest BCUT2D eigenvalue weighted by Gasteiger charge is 2.38. The van der Waals surface area contributed by atoms with Crippen LogP contribution in [0.1, 0.15) is 50.7 Å². The molecule has 1 fully saturated rings. The number of quaternary nitrogens is 1. The van der Waals surface area contributed by atoms with Crippen LogP contribution in [0.4, 0.5) is 0 Å². The van der Waals surface area contributed by atoms with Crippen molar-refractivity contribution >= 4 is 5.91 Å². The Morgan fingerprint density at radius 3 is 2.26 bits per heavy atom. The molecular formula is C16H25N2O+. The van der Waals surface area contributed by atoms with E-state index < -0.39 is 0 Å². The third-order valence-corrected chi connectivity index (χ3v) is 4.14. The first-order chi connectivity index (χ1) is 8.99. The molecule has 1 unspecified atom stereocenters. The number of amides is 1. The monoisotopic (exact) mass is 261 g/mol. The lowest BCUT2D eigenvalue weighted by Gasteiger charge is -2.24. The Hall–Kier alpha value is -1.35. The van der Waals surface area contributed by atoms with Crippen molar-refractivity contribution in [2.45, 2.75) is 58.2 Å². The average Bonchev–Trinajstić information content (AvgIpc) is 3.19. The zero-order chi connectivity index (χ0) is 14.0. The zero-order valence-electron chi connectivity index (χ0n) is 12.1. The summed E-state index contributed by atoms with van der Waals surface area (Å²) in [7, 11) is 0. The number of hydrogen-bond acceptors (Lipinski definition) is 1. The molecule has 0 spiro atoms. The predicted octanol–water partition coefficient (Wildman–Crippen LogP) is 1.23. The summed E-state index contributed by atoms with van der Waals surface area (Å²) in [6.07, 6.45) is 2.44. The number of hydrogen-bond donors (Lipinski definition) is 2. The van der Waals surface area contributed by atoms with Gasteiger partial charge in [0.25, 0.3) is 5.91 Å². The van der Waals surface area contributed by atoms with Gasteiger partial charge in [-0.3, -0.25) is 4.79 Å². The van der Waals surface area contributed by atoms with Crippen LogP contribution in [0.15, 0.2) is 24.3 Å². The standard InChI is InChI=1S/C16H24N2O/c1-11(2)14-6-4-13(5-7-14)10-18(15-8-9-15)12(3)16(17)19/h4-7,11-12,15H,8-10H2,1-3H3,(H2,17,19)/p+1/t12-/m0/s1. The Bertz CT molecular complexity index is 435. The number of benzene rings is 1. The molecule has 0 saturated heterocycles. The molecule has 0 aliphatic heterocycles. The van der Waals surface area contributed by atoms with E-state index in [1.165, 1.54) is 28.9 Å². The van der Waals surface area contributed by atoms with Gasteiger partial charge >= 0.3 is 0 Å². The molecule has 1 aliphatic carbocycles. The van der Waals surface area contributed by atoms with Crippen LogP contribution in [0.25, 0.3) is 0 Å². The molecule has 0 heterocycles. The van der Waals surface area contributed by atoms with Crippen LogP contribution in [0, 0.1) is 0 Å². The molecule has 0 aromatic heterocycles. The van der Waals surface area contributed by atoms with Gasteiger partial charge in [-0.05, 0) is 18.4 Å². The Balaban J connectivity index is 2.06. The van der Waals surface area contributed by atoms with Gasteiger partial charge in [0.2, 0.25) is 0 Å². The maximum absolute atomic E-state index is 11.4. The van der Waals surface area contributed by atoms with Gasteiger partial charge in [0.1, 0.15) is 6.54 Å². The van der Waals surface area contributed by atoms with Gasteiger partial charge in [0, 0.05) is 18.4 Å². The van der Waals surface area contributed by atoms with Crippen molar-refractivity contribution in [2.24, 2.45) is 5.73 Å². The molecule has 1 aromatic rings. The van der Waals surface area contributed by atoms with Crippen LogP contribution in [-0.4, -0.2) is 18.0 Å². The predicted molar refractivity (Wildman–Crippen MR) is 76.9 cm³/mol. The highest BCUT2D eigenvalue weighted by molar-refractivity contribution is 5.77.